The van der Waals surface area contributed by atoms with Gasteiger partial charge in [-0.25, -0.2) is 4.39 Å². The van der Waals surface area contributed by atoms with E-state index in [9.17, 15) is 9.18 Å². The molecule has 25 heavy (non-hydrogen) atoms. The van der Waals surface area contributed by atoms with Gasteiger partial charge in [0, 0.05) is 12.3 Å². The molecule has 130 valence electrons. The number of nitrogens with two attached hydrogens (primary N) is 1. The van der Waals surface area contributed by atoms with Gasteiger partial charge < -0.3 is 11.1 Å². The topological polar surface area (TPSA) is 67.5 Å². The molecule has 1 aliphatic rings. The van der Waals surface area contributed by atoms with Gasteiger partial charge in [0.25, 0.3) is 5.91 Å². The van der Waals surface area contributed by atoms with Gasteiger partial charge in [-0.1, -0.05) is 48.2 Å². The molecule has 0 aliphatic carbocycles. The minimum Gasteiger partial charge on any atom is -0.379 e. The van der Waals surface area contributed by atoms with E-state index in [1.807, 2.05) is 37.3 Å². The quantitative estimate of drug-likeness (QED) is 0.881. The van der Waals surface area contributed by atoms with Gasteiger partial charge in [-0.2, -0.15) is 0 Å². The second-order valence-electron chi connectivity index (χ2n) is 6.19. The predicted molar refractivity (Wildman–Crippen MR) is 100 cm³/mol. The van der Waals surface area contributed by atoms with E-state index in [4.69, 9.17) is 5.73 Å². The molecule has 2 aromatic rings. The number of aliphatic imine (C=N–C) groups is 1. The second kappa shape index (κ2) is 7.27. The second-order valence-corrected chi connectivity index (χ2v) is 7.30. The van der Waals surface area contributed by atoms with Crippen LogP contribution < -0.4 is 11.1 Å². The van der Waals surface area contributed by atoms with Crippen LogP contribution in [0, 0.1) is 5.82 Å². The summed E-state index contributed by atoms with van der Waals surface area (Å²) < 4.78 is 14.2. The van der Waals surface area contributed by atoms with Crippen molar-refractivity contribution in [3.63, 3.8) is 0 Å². The van der Waals surface area contributed by atoms with Crippen LogP contribution in [-0.4, -0.2) is 16.8 Å². The molecule has 0 fully saturated rings. The van der Waals surface area contributed by atoms with Crippen molar-refractivity contribution in [3.05, 3.63) is 71.0 Å². The van der Waals surface area contributed by atoms with E-state index in [2.05, 4.69) is 10.3 Å². The Morgan fingerprint density at radius 1 is 1.32 bits per heavy atom. The number of carbonyl (C=O) groups is 1. The number of amides is 1. The number of nitrogens with zero attached hydrogens (tertiary/aromatic N) is 1. The Bertz CT molecular complexity index is 810. The molecule has 1 aliphatic heterocycles. The summed E-state index contributed by atoms with van der Waals surface area (Å²) in [5.41, 5.74) is 7.10. The zero-order valence-electron chi connectivity index (χ0n) is 14.0. The standard InChI is InChI=1S/C19H20FN3OS/c1-19(9-10-25-18(21)23-19)14-7-8-16(20)15(11-14)17(24)22-12-13-5-3-2-4-6-13/h2-8,11H,9-10,12H2,1H3,(H2,21,23)(H,22,24). The Kier molecular flexibility index (Phi) is 5.08. The summed E-state index contributed by atoms with van der Waals surface area (Å²) >= 11 is 1.51. The number of thioether (sulfide) groups is 1. The monoisotopic (exact) mass is 357 g/mol. The lowest BCUT2D eigenvalue weighted by molar-refractivity contribution is 0.0946. The fraction of sp³-hybridized carbons (Fsp3) is 0.263. The van der Waals surface area contributed by atoms with Crippen LogP contribution in [0.25, 0.3) is 0 Å². The largest absolute Gasteiger partial charge is 0.379 e. The number of hydrogen-bond acceptors (Lipinski definition) is 4. The van der Waals surface area contributed by atoms with Crippen LogP contribution in [0.2, 0.25) is 0 Å². The van der Waals surface area contributed by atoms with E-state index >= 15 is 0 Å². The summed E-state index contributed by atoms with van der Waals surface area (Å²) in [5.74, 6) is -0.132. The lowest BCUT2D eigenvalue weighted by Gasteiger charge is -2.30. The molecule has 1 atom stereocenters. The Labute approximate surface area is 150 Å². The summed E-state index contributed by atoms with van der Waals surface area (Å²) in [6, 6.07) is 14.1. The highest BCUT2D eigenvalue weighted by Crippen LogP contribution is 2.35. The van der Waals surface area contributed by atoms with E-state index in [1.165, 1.54) is 17.8 Å². The number of carbonyl (C=O) groups excluding carboxylic acids is 1. The van der Waals surface area contributed by atoms with Gasteiger partial charge in [0.05, 0.1) is 11.1 Å². The van der Waals surface area contributed by atoms with Crippen molar-refractivity contribution in [2.45, 2.75) is 25.4 Å². The number of rotatable bonds is 4. The Balaban J connectivity index is 1.82. The van der Waals surface area contributed by atoms with Gasteiger partial charge >= 0.3 is 0 Å². The lowest BCUT2D eigenvalue weighted by atomic mass is 9.88. The highest BCUT2D eigenvalue weighted by Gasteiger charge is 2.30. The molecule has 1 heterocycles. The molecule has 6 heteroatoms. The molecule has 2 aromatic carbocycles. The molecule has 3 N–H and O–H groups in total. The van der Waals surface area contributed by atoms with Crippen molar-refractivity contribution in [2.24, 2.45) is 10.7 Å². The molecule has 0 saturated heterocycles. The zero-order chi connectivity index (χ0) is 17.9. The van der Waals surface area contributed by atoms with Crippen molar-refractivity contribution in [3.8, 4) is 0 Å². The first-order valence-electron chi connectivity index (χ1n) is 8.08. The van der Waals surface area contributed by atoms with Crippen LogP contribution in [0.3, 0.4) is 0 Å². The highest BCUT2D eigenvalue weighted by atomic mass is 32.2. The molecular formula is C19H20FN3OS. The highest BCUT2D eigenvalue weighted by molar-refractivity contribution is 8.13. The molecule has 0 radical (unpaired) electrons. The first-order chi connectivity index (χ1) is 12.0. The van der Waals surface area contributed by atoms with Crippen LogP contribution in [0.1, 0.15) is 34.8 Å². The maximum absolute atomic E-state index is 14.2. The van der Waals surface area contributed by atoms with Crippen LogP contribution >= 0.6 is 11.8 Å². The number of nitrogens with one attached hydrogen (secondary N) is 1. The third kappa shape index (κ3) is 4.02. The van der Waals surface area contributed by atoms with Crippen molar-refractivity contribution >= 4 is 22.8 Å². The maximum Gasteiger partial charge on any atom is 0.254 e. The molecule has 0 aromatic heterocycles. The molecule has 4 nitrogen and oxygen atoms in total. The average Bonchev–Trinajstić information content (AvgIpc) is 2.60. The summed E-state index contributed by atoms with van der Waals surface area (Å²) in [4.78, 5) is 16.9. The molecular weight excluding hydrogens is 337 g/mol. The first kappa shape index (κ1) is 17.5. The third-order valence-corrected chi connectivity index (χ3v) is 5.12. The Morgan fingerprint density at radius 3 is 2.80 bits per heavy atom. The number of halogens is 1. The van der Waals surface area contributed by atoms with Crippen molar-refractivity contribution in [1.29, 1.82) is 0 Å². The van der Waals surface area contributed by atoms with Gasteiger partial charge in [0.1, 0.15) is 5.82 Å². The van der Waals surface area contributed by atoms with Crippen molar-refractivity contribution < 1.29 is 9.18 Å². The van der Waals surface area contributed by atoms with Gasteiger partial charge in [0.15, 0.2) is 5.17 Å². The Morgan fingerprint density at radius 2 is 2.08 bits per heavy atom. The number of benzene rings is 2. The van der Waals surface area contributed by atoms with E-state index in [1.54, 1.807) is 12.1 Å². The summed E-state index contributed by atoms with van der Waals surface area (Å²) in [6.07, 6.45) is 0.787. The molecule has 0 bridgehead atoms. The van der Waals surface area contributed by atoms with E-state index in [0.717, 1.165) is 23.3 Å². The van der Waals surface area contributed by atoms with Gasteiger partial charge in [-0.05, 0) is 36.6 Å². The number of hydrogen-bond donors (Lipinski definition) is 2. The van der Waals surface area contributed by atoms with Crippen molar-refractivity contribution in [1.82, 2.24) is 5.32 Å². The van der Waals surface area contributed by atoms with E-state index < -0.39 is 17.3 Å². The minimum absolute atomic E-state index is 0.0293. The molecule has 1 unspecified atom stereocenters. The lowest BCUT2D eigenvalue weighted by Crippen LogP contribution is -2.30. The van der Waals surface area contributed by atoms with Crippen LogP contribution in [-0.2, 0) is 12.1 Å². The summed E-state index contributed by atoms with van der Waals surface area (Å²) in [5, 5.41) is 3.29. The third-order valence-electron chi connectivity index (χ3n) is 4.32. The molecule has 3 rings (SSSR count). The van der Waals surface area contributed by atoms with Crippen molar-refractivity contribution in [2.75, 3.05) is 5.75 Å². The smallest absolute Gasteiger partial charge is 0.254 e. The van der Waals surface area contributed by atoms with Crippen LogP contribution in [0.15, 0.2) is 53.5 Å². The molecule has 0 saturated carbocycles. The summed E-state index contributed by atoms with van der Waals surface area (Å²) in [7, 11) is 0. The van der Waals surface area contributed by atoms with Crippen LogP contribution in [0.4, 0.5) is 4.39 Å². The number of amidine groups is 1. The van der Waals surface area contributed by atoms with E-state index in [0.29, 0.717) is 11.7 Å². The van der Waals surface area contributed by atoms with Gasteiger partial charge in [0.2, 0.25) is 0 Å². The van der Waals surface area contributed by atoms with Gasteiger partial charge in [-0.15, -0.1) is 0 Å². The van der Waals surface area contributed by atoms with Gasteiger partial charge in [-0.3, -0.25) is 9.79 Å². The van der Waals surface area contributed by atoms with Crippen LogP contribution in [0.5, 0.6) is 0 Å². The fourth-order valence-corrected chi connectivity index (χ4v) is 3.78. The average molecular weight is 357 g/mol. The normalized spacial score (nSPS) is 20.0. The fourth-order valence-electron chi connectivity index (χ4n) is 2.80. The Hall–Kier alpha value is -2.34. The van der Waals surface area contributed by atoms with E-state index in [-0.39, 0.29) is 5.56 Å². The summed E-state index contributed by atoms with van der Waals surface area (Å²) in [6.45, 7) is 2.31. The predicted octanol–water partition coefficient (Wildman–Crippen LogP) is 3.42. The zero-order valence-corrected chi connectivity index (χ0v) is 14.8. The molecule has 1 amide bonds. The maximum atomic E-state index is 14.2. The minimum atomic E-state index is -0.542. The SMILES string of the molecule is CC1(c2ccc(F)c(C(=O)NCc3ccccc3)c2)CCSC(N)=N1. The molecule has 0 spiro atoms. The first-order valence-corrected chi connectivity index (χ1v) is 9.07.